The van der Waals surface area contributed by atoms with E-state index in [0.29, 0.717) is 0 Å². The molecular formula is C44H53Cl2SiZr. The van der Waals surface area contributed by atoms with Gasteiger partial charge in [-0.15, -0.1) is 0 Å². The Balaban J connectivity index is 1.57. The number of allylic oxidation sites excluding steroid dienone is 2. The van der Waals surface area contributed by atoms with E-state index >= 15 is 0 Å². The SMILES string of the molecule is CCCCC1=Cc2c(-c3ccc(CC)cc3)cccc2[CH]1[Zr]([Cl])([Cl])([CH]1C(CCCC)=Cc2c(-c3ccc(CC)cc3)cccc21)[SiH](C)C. The second kappa shape index (κ2) is 14.7. The average molecular weight is 772 g/mol. The summed E-state index contributed by atoms with van der Waals surface area (Å²) in [5.41, 5.74) is 16.4. The minimum atomic E-state index is -4.84. The van der Waals surface area contributed by atoms with E-state index in [0.717, 1.165) is 51.4 Å². The van der Waals surface area contributed by atoms with Gasteiger partial charge in [-0.05, 0) is 0 Å². The number of rotatable bonds is 13. The van der Waals surface area contributed by atoms with Gasteiger partial charge in [0.05, 0.1) is 0 Å². The van der Waals surface area contributed by atoms with E-state index in [-0.39, 0.29) is 7.25 Å². The summed E-state index contributed by atoms with van der Waals surface area (Å²) in [5.74, 6) is -1.63. The van der Waals surface area contributed by atoms with E-state index in [1.807, 2.05) is 0 Å². The summed E-state index contributed by atoms with van der Waals surface area (Å²) in [6.45, 7) is 14.0. The summed E-state index contributed by atoms with van der Waals surface area (Å²) in [5, 5.41) is 0. The second-order valence-electron chi connectivity index (χ2n) is 14.6. The first-order valence-electron chi connectivity index (χ1n) is 18.6. The molecule has 0 bridgehead atoms. The number of benzene rings is 4. The number of unbranched alkanes of at least 4 members (excludes halogenated alkanes) is 2. The molecule has 0 fully saturated rings. The molecule has 0 saturated carbocycles. The van der Waals surface area contributed by atoms with Gasteiger partial charge >= 0.3 is 302 Å². The Bertz CT molecular complexity index is 1700. The first-order valence-corrected chi connectivity index (χ1v) is 34.9. The molecule has 0 heterocycles. The third-order valence-electron chi connectivity index (χ3n) is 11.5. The molecular weight excluding hydrogens is 719 g/mol. The molecule has 2 aliphatic rings. The molecule has 0 saturated heterocycles. The topological polar surface area (TPSA) is 0 Å². The molecule has 0 nitrogen and oxygen atoms in total. The van der Waals surface area contributed by atoms with Gasteiger partial charge in [-0.3, -0.25) is 0 Å². The van der Waals surface area contributed by atoms with Crippen molar-refractivity contribution >= 4 is 35.1 Å². The Hall–Kier alpha value is -1.96. The van der Waals surface area contributed by atoms with Gasteiger partial charge in [0.25, 0.3) is 0 Å². The Kier molecular flexibility index (Phi) is 11.0. The standard InChI is InChI=1S/2C21H23.C2H7Si.2ClH.Zr/c2*1-3-5-7-17-14-19-8-6-9-20(21(19)15-17)18-12-10-16(4-2)11-13-18;1-3-2;;;/h2*6,8-15H,3-5,7H2,1-2H3;3H,1-2H3;2*1H;/q;;;;;+2/p-2. The maximum absolute atomic E-state index is 8.78. The van der Waals surface area contributed by atoms with Crippen LogP contribution in [0.5, 0.6) is 0 Å². The zero-order chi connectivity index (χ0) is 34.1. The summed E-state index contributed by atoms with van der Waals surface area (Å²) in [6.07, 6.45) is 13.9. The number of hydrogen-bond acceptors (Lipinski definition) is 0. The van der Waals surface area contributed by atoms with Crippen LogP contribution in [-0.2, 0) is 28.4 Å². The van der Waals surface area contributed by atoms with Crippen molar-refractivity contribution in [1.29, 1.82) is 0 Å². The van der Waals surface area contributed by atoms with Crippen LogP contribution in [0.3, 0.4) is 0 Å². The number of aryl methyl sites for hydroxylation is 2. The van der Waals surface area contributed by atoms with Crippen molar-refractivity contribution in [3.8, 4) is 22.3 Å². The van der Waals surface area contributed by atoms with Crippen LogP contribution < -0.4 is 0 Å². The Morgan fingerprint density at radius 3 is 1.29 bits per heavy atom. The first-order chi connectivity index (χ1) is 23.2. The van der Waals surface area contributed by atoms with Gasteiger partial charge in [-0.2, -0.15) is 0 Å². The summed E-state index contributed by atoms with van der Waals surface area (Å²) in [4.78, 5) is 0. The molecule has 0 spiro atoms. The molecule has 0 radical (unpaired) electrons. The molecule has 251 valence electrons. The quantitative estimate of drug-likeness (QED) is 0.119. The molecule has 0 aliphatic heterocycles. The van der Waals surface area contributed by atoms with Crippen molar-refractivity contribution in [1.82, 2.24) is 0 Å². The zero-order valence-corrected chi connectivity index (χ0v) is 35.0. The molecule has 2 unspecified atom stereocenters. The Morgan fingerprint density at radius 2 is 0.958 bits per heavy atom. The van der Waals surface area contributed by atoms with E-state index in [9.17, 15) is 0 Å². The van der Waals surface area contributed by atoms with E-state index in [4.69, 9.17) is 17.0 Å². The Morgan fingerprint density at radius 1 is 0.562 bits per heavy atom. The van der Waals surface area contributed by atoms with Crippen molar-refractivity contribution in [2.24, 2.45) is 0 Å². The van der Waals surface area contributed by atoms with E-state index in [1.165, 1.54) is 66.8 Å². The van der Waals surface area contributed by atoms with E-state index in [1.54, 1.807) is 0 Å². The van der Waals surface area contributed by atoms with Crippen LogP contribution in [0.2, 0.25) is 13.1 Å². The fraction of sp³-hybridized carbons (Fsp3) is 0.364. The maximum atomic E-state index is 8.78. The van der Waals surface area contributed by atoms with Crippen molar-refractivity contribution in [3.05, 3.63) is 129 Å². The minimum absolute atomic E-state index is 0.131. The van der Waals surface area contributed by atoms with Gasteiger partial charge in [-0.1, -0.05) is 0 Å². The molecule has 2 atom stereocenters. The molecule has 4 aromatic carbocycles. The van der Waals surface area contributed by atoms with Crippen LogP contribution >= 0.6 is 17.0 Å². The van der Waals surface area contributed by atoms with Crippen LogP contribution in [0.1, 0.15) is 107 Å². The Labute approximate surface area is 299 Å². The van der Waals surface area contributed by atoms with Gasteiger partial charge in [0.15, 0.2) is 0 Å². The van der Waals surface area contributed by atoms with Crippen molar-refractivity contribution in [2.45, 2.75) is 99.4 Å². The molecule has 0 N–H and O–H groups in total. The predicted molar refractivity (Wildman–Crippen MR) is 214 cm³/mol. The third-order valence-corrected chi connectivity index (χ3v) is 63.3. The van der Waals surface area contributed by atoms with E-state index in [2.05, 4.69) is 138 Å². The number of fused-ring (bicyclic) bond motifs is 2. The normalized spacial score (nSPS) is 17.9. The van der Waals surface area contributed by atoms with E-state index < -0.39 is 21.5 Å². The average Bonchev–Trinajstić information content (AvgIpc) is 3.69. The van der Waals surface area contributed by atoms with Crippen LogP contribution in [0.15, 0.2) is 96.1 Å². The van der Waals surface area contributed by atoms with Gasteiger partial charge in [0.1, 0.15) is 0 Å². The van der Waals surface area contributed by atoms with Crippen molar-refractivity contribution in [2.75, 3.05) is 0 Å². The van der Waals surface area contributed by atoms with Crippen LogP contribution in [0.4, 0.5) is 0 Å². The van der Waals surface area contributed by atoms with Crippen LogP contribution in [-0.4, -0.2) is 5.92 Å². The molecule has 2 aliphatic carbocycles. The van der Waals surface area contributed by atoms with Gasteiger partial charge < -0.3 is 0 Å². The van der Waals surface area contributed by atoms with Gasteiger partial charge in [-0.25, -0.2) is 0 Å². The molecule has 6 rings (SSSR count). The summed E-state index contributed by atoms with van der Waals surface area (Å²) < 4.78 is 0.262. The third kappa shape index (κ3) is 6.27. The summed E-state index contributed by atoms with van der Waals surface area (Å²) in [7, 11) is 17.6. The molecule has 4 heteroatoms. The predicted octanol–water partition coefficient (Wildman–Crippen LogP) is 14.1. The fourth-order valence-corrected chi connectivity index (χ4v) is 40.1. The van der Waals surface area contributed by atoms with Crippen molar-refractivity contribution < 1.29 is 15.6 Å². The number of halogens is 2. The number of hydrogen-bond donors (Lipinski definition) is 0. The fourth-order valence-electron chi connectivity index (χ4n) is 8.60. The summed E-state index contributed by atoms with van der Waals surface area (Å²) in [6, 6.07) is 32.3. The molecule has 4 aromatic rings. The van der Waals surface area contributed by atoms with Gasteiger partial charge in [0.2, 0.25) is 0 Å². The summed E-state index contributed by atoms with van der Waals surface area (Å²) >= 11 is -4.84. The first kappa shape index (κ1) is 35.9. The monoisotopic (exact) mass is 769 g/mol. The van der Waals surface area contributed by atoms with Gasteiger partial charge in [0, 0.05) is 0 Å². The second-order valence-corrected chi connectivity index (χ2v) is 57.1. The van der Waals surface area contributed by atoms with Crippen molar-refractivity contribution in [3.63, 3.8) is 0 Å². The van der Waals surface area contributed by atoms with Crippen LogP contribution in [0, 0.1) is 0 Å². The molecule has 0 aromatic heterocycles. The zero-order valence-electron chi connectivity index (χ0n) is 29.9. The van der Waals surface area contributed by atoms with Crippen LogP contribution in [0.25, 0.3) is 34.4 Å². The molecule has 48 heavy (non-hydrogen) atoms. The molecule has 0 amide bonds.